The minimum atomic E-state index is -0.236. The van der Waals surface area contributed by atoms with Crippen LogP contribution < -0.4 is 5.32 Å². The lowest BCUT2D eigenvalue weighted by molar-refractivity contribution is -0.0447. The van der Waals surface area contributed by atoms with Gasteiger partial charge >= 0.3 is 0 Å². The summed E-state index contributed by atoms with van der Waals surface area (Å²) in [6.07, 6.45) is 6.24. The van der Waals surface area contributed by atoms with E-state index in [1.165, 1.54) is 0 Å². The molecule has 2 fully saturated rings. The highest BCUT2D eigenvalue weighted by Crippen LogP contribution is 2.36. The molecule has 0 aromatic carbocycles. The van der Waals surface area contributed by atoms with Crippen LogP contribution in [0, 0.1) is 6.92 Å². The smallest absolute Gasteiger partial charge is 0.257 e. The fourth-order valence-corrected chi connectivity index (χ4v) is 4.35. The van der Waals surface area contributed by atoms with Crippen LogP contribution in [0.3, 0.4) is 0 Å². The first-order chi connectivity index (χ1) is 11.7. The molecule has 1 N–H and O–H groups in total. The summed E-state index contributed by atoms with van der Waals surface area (Å²) >= 11 is 1.60. The molecule has 2 aliphatic rings. The lowest BCUT2D eigenvalue weighted by Crippen LogP contribution is -2.50. The van der Waals surface area contributed by atoms with E-state index in [1.807, 2.05) is 17.2 Å². The predicted octanol–water partition coefficient (Wildman–Crippen LogP) is 2.92. The number of furan rings is 1. The molecule has 6 nitrogen and oxygen atoms in total. The van der Waals surface area contributed by atoms with E-state index in [4.69, 9.17) is 9.15 Å². The fraction of sp³-hybridized carbons (Fsp3) is 0.529. The third-order valence-corrected chi connectivity index (χ3v) is 5.59. The van der Waals surface area contributed by atoms with Crippen LogP contribution in [0.15, 0.2) is 28.3 Å². The summed E-state index contributed by atoms with van der Waals surface area (Å²) in [5, 5.41) is 6.33. The SMILES string of the molecule is Cc1occc1C(=O)N1CCC[C@]2(C[C@H](Nc3nccs3)CO2)C1. The average molecular weight is 347 g/mol. The van der Waals surface area contributed by atoms with Gasteiger partial charge in [-0.3, -0.25) is 4.79 Å². The second-order valence-corrected chi connectivity index (χ2v) is 7.49. The number of likely N-dealkylation sites (tertiary alicyclic amines) is 1. The van der Waals surface area contributed by atoms with Crippen molar-refractivity contribution in [3.63, 3.8) is 0 Å². The van der Waals surface area contributed by atoms with Crippen molar-refractivity contribution in [3.05, 3.63) is 35.2 Å². The summed E-state index contributed by atoms with van der Waals surface area (Å²) in [6, 6.07) is 2.00. The Hall–Kier alpha value is -1.86. The Bertz CT molecular complexity index is 714. The number of amides is 1. The molecule has 0 bridgehead atoms. The second kappa shape index (κ2) is 6.22. The second-order valence-electron chi connectivity index (χ2n) is 6.60. The van der Waals surface area contributed by atoms with Gasteiger partial charge in [-0.1, -0.05) is 0 Å². The zero-order valence-corrected chi connectivity index (χ0v) is 14.5. The van der Waals surface area contributed by atoms with Gasteiger partial charge in [-0.25, -0.2) is 4.98 Å². The first-order valence-electron chi connectivity index (χ1n) is 8.29. The Kier molecular flexibility index (Phi) is 4.05. The molecule has 2 aliphatic heterocycles. The Morgan fingerprint density at radius 2 is 2.46 bits per heavy atom. The van der Waals surface area contributed by atoms with Crippen molar-refractivity contribution in [2.24, 2.45) is 0 Å². The largest absolute Gasteiger partial charge is 0.469 e. The highest BCUT2D eigenvalue weighted by atomic mass is 32.1. The Balaban J connectivity index is 1.43. The molecule has 0 radical (unpaired) electrons. The molecule has 24 heavy (non-hydrogen) atoms. The number of hydrogen-bond donors (Lipinski definition) is 1. The first kappa shape index (κ1) is 15.7. The third-order valence-electron chi connectivity index (χ3n) is 4.88. The monoisotopic (exact) mass is 347 g/mol. The number of piperidine rings is 1. The molecule has 2 aromatic rings. The maximum absolute atomic E-state index is 12.7. The van der Waals surface area contributed by atoms with Gasteiger partial charge in [-0.2, -0.15) is 0 Å². The number of carbonyl (C=O) groups excluding carboxylic acids is 1. The number of aryl methyl sites for hydroxylation is 1. The van der Waals surface area contributed by atoms with E-state index >= 15 is 0 Å². The van der Waals surface area contributed by atoms with Crippen LogP contribution in [-0.4, -0.2) is 47.1 Å². The summed E-state index contributed by atoms with van der Waals surface area (Å²) in [4.78, 5) is 18.9. The van der Waals surface area contributed by atoms with Crippen molar-refractivity contribution in [3.8, 4) is 0 Å². The van der Waals surface area contributed by atoms with Gasteiger partial charge in [0, 0.05) is 24.5 Å². The number of nitrogens with zero attached hydrogens (tertiary/aromatic N) is 2. The highest BCUT2D eigenvalue weighted by Gasteiger charge is 2.45. The Morgan fingerprint density at radius 1 is 1.54 bits per heavy atom. The summed E-state index contributed by atoms with van der Waals surface area (Å²) in [5.74, 6) is 0.718. The average Bonchev–Trinajstić information content (AvgIpc) is 3.30. The topological polar surface area (TPSA) is 67.6 Å². The molecule has 2 atom stereocenters. The van der Waals surface area contributed by atoms with Crippen molar-refractivity contribution in [2.45, 2.75) is 37.8 Å². The van der Waals surface area contributed by atoms with Crippen LogP contribution >= 0.6 is 11.3 Å². The minimum absolute atomic E-state index is 0.0419. The van der Waals surface area contributed by atoms with Crippen LogP contribution in [0.2, 0.25) is 0 Å². The van der Waals surface area contributed by atoms with Gasteiger partial charge in [-0.05, 0) is 25.8 Å². The van der Waals surface area contributed by atoms with E-state index in [0.29, 0.717) is 24.5 Å². The molecule has 1 amide bonds. The normalized spacial score (nSPS) is 26.9. The number of rotatable bonds is 3. The Morgan fingerprint density at radius 3 is 3.21 bits per heavy atom. The molecular weight excluding hydrogens is 326 g/mol. The number of carbonyl (C=O) groups is 1. The zero-order chi connectivity index (χ0) is 16.6. The number of aromatic nitrogens is 1. The molecule has 0 saturated carbocycles. The van der Waals surface area contributed by atoms with Gasteiger partial charge in [-0.15, -0.1) is 11.3 Å². The van der Waals surface area contributed by atoms with Crippen molar-refractivity contribution >= 4 is 22.4 Å². The number of thiazole rings is 1. The molecule has 7 heteroatoms. The summed E-state index contributed by atoms with van der Waals surface area (Å²) in [6.45, 7) is 3.91. The number of anilines is 1. The molecular formula is C17H21N3O3S. The van der Waals surface area contributed by atoms with Gasteiger partial charge < -0.3 is 19.4 Å². The number of ether oxygens (including phenoxy) is 1. The molecule has 0 aliphatic carbocycles. The van der Waals surface area contributed by atoms with Crippen molar-refractivity contribution in [1.82, 2.24) is 9.88 Å². The molecule has 0 unspecified atom stereocenters. The van der Waals surface area contributed by atoms with Crippen LogP contribution in [0.5, 0.6) is 0 Å². The van der Waals surface area contributed by atoms with Crippen LogP contribution in [0.25, 0.3) is 0 Å². The highest BCUT2D eigenvalue weighted by molar-refractivity contribution is 7.13. The molecule has 2 saturated heterocycles. The van der Waals surface area contributed by atoms with Crippen LogP contribution in [0.1, 0.15) is 35.4 Å². The lowest BCUT2D eigenvalue weighted by Gasteiger charge is -2.39. The van der Waals surface area contributed by atoms with Crippen LogP contribution in [-0.2, 0) is 4.74 Å². The molecule has 4 rings (SSSR count). The lowest BCUT2D eigenvalue weighted by atomic mass is 9.88. The van der Waals surface area contributed by atoms with E-state index in [0.717, 1.165) is 30.9 Å². The Labute approximate surface area is 144 Å². The van der Waals surface area contributed by atoms with Gasteiger partial charge in [0.25, 0.3) is 5.91 Å². The maximum Gasteiger partial charge on any atom is 0.257 e. The quantitative estimate of drug-likeness (QED) is 0.925. The standard InChI is InChI=1S/C17H21N3O3S/c1-12-14(3-7-22-12)15(21)20-6-2-4-17(11-20)9-13(10-23-17)19-16-18-5-8-24-16/h3,5,7-8,13H,2,4,6,9-11H2,1H3,(H,18,19)/t13-,17-/m0/s1. The van der Waals surface area contributed by atoms with Crippen LogP contribution in [0.4, 0.5) is 5.13 Å². The zero-order valence-electron chi connectivity index (χ0n) is 13.7. The third kappa shape index (κ3) is 2.93. The molecule has 4 heterocycles. The van der Waals surface area contributed by atoms with Crippen molar-refractivity contribution < 1.29 is 13.9 Å². The number of nitrogens with one attached hydrogen (secondary N) is 1. The fourth-order valence-electron chi connectivity index (χ4n) is 3.74. The van der Waals surface area contributed by atoms with Gasteiger partial charge in [0.2, 0.25) is 0 Å². The van der Waals surface area contributed by atoms with Crippen molar-refractivity contribution in [2.75, 3.05) is 25.0 Å². The molecule has 2 aromatic heterocycles. The van der Waals surface area contributed by atoms with E-state index in [-0.39, 0.29) is 17.6 Å². The summed E-state index contributed by atoms with van der Waals surface area (Å²) in [5.41, 5.74) is 0.419. The molecule has 1 spiro atoms. The van der Waals surface area contributed by atoms with E-state index < -0.39 is 0 Å². The number of hydrogen-bond acceptors (Lipinski definition) is 6. The van der Waals surface area contributed by atoms with Gasteiger partial charge in [0.05, 0.1) is 36.6 Å². The summed E-state index contributed by atoms with van der Waals surface area (Å²) in [7, 11) is 0. The van der Waals surface area contributed by atoms with E-state index in [1.54, 1.807) is 29.9 Å². The maximum atomic E-state index is 12.7. The summed E-state index contributed by atoms with van der Waals surface area (Å²) < 4.78 is 11.4. The molecule has 128 valence electrons. The van der Waals surface area contributed by atoms with E-state index in [2.05, 4.69) is 10.3 Å². The van der Waals surface area contributed by atoms with Crippen molar-refractivity contribution in [1.29, 1.82) is 0 Å². The minimum Gasteiger partial charge on any atom is -0.469 e. The predicted molar refractivity (Wildman–Crippen MR) is 91.4 cm³/mol. The van der Waals surface area contributed by atoms with E-state index in [9.17, 15) is 4.79 Å². The van der Waals surface area contributed by atoms with Gasteiger partial charge in [0.15, 0.2) is 5.13 Å². The first-order valence-corrected chi connectivity index (χ1v) is 9.17. The van der Waals surface area contributed by atoms with Gasteiger partial charge in [0.1, 0.15) is 5.76 Å².